The largest absolute Gasteiger partial charge is 0.493 e. The normalized spacial score (nSPS) is 18.5. The molecule has 2 atom stereocenters. The van der Waals surface area contributed by atoms with E-state index in [9.17, 15) is 4.79 Å². The smallest absolute Gasteiger partial charge is 0.413 e. The molecule has 1 N–H and O–H groups in total. The Morgan fingerprint density at radius 1 is 1.07 bits per heavy atom. The lowest BCUT2D eigenvalue weighted by Gasteiger charge is -2.23. The summed E-state index contributed by atoms with van der Waals surface area (Å²) in [7, 11) is 3.22. The molecule has 0 saturated heterocycles. The molecule has 1 amide bonds. The van der Waals surface area contributed by atoms with E-state index in [1.807, 2.05) is 17.7 Å². The fourth-order valence-electron chi connectivity index (χ4n) is 6.11. The first-order valence-corrected chi connectivity index (χ1v) is 14.5. The number of aromatic nitrogens is 2. The number of benzene rings is 3. The summed E-state index contributed by atoms with van der Waals surface area (Å²) in [6.07, 6.45) is 8.40. The number of imidazole rings is 1. The standard InChI is InChI=1S/C35H37N3O3/c1-22-9-11-27(30-8-6-5-7-29(30)23(22)2)19-24-10-12-28-20-25(14-16-33(28)41-18-17-24)26-13-15-32-31(21-26)36-34(38(32)3)37-35(39)40-4/h5-9,11,13-16,20-22,24H,10,12,17-19H2,1-4H3,(H,36,37,39). The van der Waals surface area contributed by atoms with Crippen LogP contribution in [0.15, 0.2) is 72.8 Å². The molecule has 0 bridgehead atoms. The fraction of sp³-hybridized carbons (Fsp3) is 0.314. The van der Waals surface area contributed by atoms with Crippen molar-refractivity contribution in [1.29, 1.82) is 0 Å². The maximum atomic E-state index is 11.7. The lowest BCUT2D eigenvalue weighted by Crippen LogP contribution is -2.29. The van der Waals surface area contributed by atoms with Crippen LogP contribution in [0.2, 0.25) is 0 Å². The Kier molecular flexibility index (Phi) is 7.39. The van der Waals surface area contributed by atoms with Crippen LogP contribution in [-0.2, 0) is 18.2 Å². The molecule has 1 aromatic heterocycles. The number of amides is 1. The lowest BCUT2D eigenvalue weighted by atomic mass is 9.88. The molecule has 1 aliphatic carbocycles. The van der Waals surface area contributed by atoms with Crippen molar-refractivity contribution in [3.05, 3.63) is 88.8 Å². The summed E-state index contributed by atoms with van der Waals surface area (Å²) < 4.78 is 12.9. The average Bonchev–Trinajstić information content (AvgIpc) is 3.23. The van der Waals surface area contributed by atoms with E-state index < -0.39 is 6.09 Å². The third-order valence-electron chi connectivity index (χ3n) is 8.76. The van der Waals surface area contributed by atoms with Crippen LogP contribution in [0.1, 0.15) is 38.7 Å². The number of fused-ring (bicyclic) bond motifs is 3. The molecule has 0 spiro atoms. The molecule has 0 radical (unpaired) electrons. The van der Waals surface area contributed by atoms with E-state index in [1.165, 1.54) is 34.3 Å². The third-order valence-corrected chi connectivity index (χ3v) is 8.76. The Bertz CT molecular complexity index is 1780. The molecule has 4 aromatic rings. The Hall–Kier alpha value is -4.32. The Morgan fingerprint density at radius 3 is 2.68 bits per heavy atom. The van der Waals surface area contributed by atoms with Crippen LogP contribution < -0.4 is 20.5 Å². The predicted molar refractivity (Wildman–Crippen MR) is 165 cm³/mol. The zero-order valence-electron chi connectivity index (χ0n) is 24.2. The topological polar surface area (TPSA) is 65.4 Å². The van der Waals surface area contributed by atoms with Crippen molar-refractivity contribution in [3.8, 4) is 16.9 Å². The van der Waals surface area contributed by atoms with Crippen molar-refractivity contribution in [2.45, 2.75) is 39.5 Å². The van der Waals surface area contributed by atoms with Crippen LogP contribution in [0.25, 0.3) is 33.3 Å². The van der Waals surface area contributed by atoms with Gasteiger partial charge in [-0.1, -0.05) is 61.0 Å². The van der Waals surface area contributed by atoms with Gasteiger partial charge in [0.2, 0.25) is 5.95 Å². The number of anilines is 1. The number of hydrogen-bond donors (Lipinski definition) is 1. The number of methoxy groups -OCH3 is 1. The van der Waals surface area contributed by atoms with Crippen LogP contribution in [0.5, 0.6) is 5.75 Å². The SMILES string of the molecule is COC(=O)Nc1nc2cc(-c3ccc4c(c3)CCC(CC3=c5ccccc5=C(C)C(C)C=C3)CCO4)ccc2n1C. The van der Waals surface area contributed by atoms with E-state index in [4.69, 9.17) is 9.47 Å². The van der Waals surface area contributed by atoms with Crippen LogP contribution in [-0.4, -0.2) is 29.4 Å². The van der Waals surface area contributed by atoms with Gasteiger partial charge in [0, 0.05) is 7.05 Å². The van der Waals surface area contributed by atoms with Crippen LogP contribution in [0.3, 0.4) is 0 Å². The average molecular weight is 548 g/mol. The van der Waals surface area contributed by atoms with Gasteiger partial charge in [-0.15, -0.1) is 0 Å². The van der Waals surface area contributed by atoms with Crippen molar-refractivity contribution in [2.75, 3.05) is 19.0 Å². The molecule has 2 aliphatic rings. The fourth-order valence-corrected chi connectivity index (χ4v) is 6.11. The van der Waals surface area contributed by atoms with Crippen LogP contribution in [0, 0.1) is 11.8 Å². The van der Waals surface area contributed by atoms with E-state index in [2.05, 4.69) is 90.9 Å². The molecular formula is C35H37N3O3. The van der Waals surface area contributed by atoms with Gasteiger partial charge in [-0.05, 0) is 101 Å². The minimum Gasteiger partial charge on any atom is -0.493 e. The number of nitrogens with one attached hydrogen (secondary N) is 1. The molecule has 210 valence electrons. The zero-order chi connectivity index (χ0) is 28.5. The molecule has 6 nitrogen and oxygen atoms in total. The van der Waals surface area contributed by atoms with Gasteiger partial charge in [-0.2, -0.15) is 0 Å². The molecule has 41 heavy (non-hydrogen) atoms. The first-order chi connectivity index (χ1) is 19.9. The van der Waals surface area contributed by atoms with Gasteiger partial charge in [0.1, 0.15) is 5.75 Å². The monoisotopic (exact) mass is 547 g/mol. The van der Waals surface area contributed by atoms with Crippen LogP contribution in [0.4, 0.5) is 10.7 Å². The van der Waals surface area contributed by atoms with Gasteiger partial charge in [-0.25, -0.2) is 9.78 Å². The Labute approximate surface area is 241 Å². The maximum absolute atomic E-state index is 11.7. The summed E-state index contributed by atoms with van der Waals surface area (Å²) in [5.74, 6) is 2.44. The molecule has 2 unspecified atom stereocenters. The number of nitrogens with zero attached hydrogens (tertiary/aromatic N) is 2. The van der Waals surface area contributed by atoms with Gasteiger partial charge in [0.15, 0.2) is 0 Å². The quantitative estimate of drug-likeness (QED) is 0.323. The van der Waals surface area contributed by atoms with Gasteiger partial charge in [-0.3, -0.25) is 5.32 Å². The Balaban J connectivity index is 1.25. The summed E-state index contributed by atoms with van der Waals surface area (Å²) in [6, 6.07) is 21.6. The molecular weight excluding hydrogens is 510 g/mol. The first-order valence-electron chi connectivity index (χ1n) is 14.5. The summed E-state index contributed by atoms with van der Waals surface area (Å²) in [5.41, 5.74) is 8.10. The second kappa shape index (κ2) is 11.3. The van der Waals surface area contributed by atoms with E-state index in [0.29, 0.717) is 17.8 Å². The molecule has 3 aromatic carbocycles. The summed E-state index contributed by atoms with van der Waals surface area (Å²) in [6.45, 7) is 5.28. The summed E-state index contributed by atoms with van der Waals surface area (Å²) in [5, 5.41) is 5.44. The molecule has 1 aliphatic heterocycles. The number of carbonyl (C=O) groups excluding carboxylic acids is 1. The molecule has 6 rings (SSSR count). The van der Waals surface area contributed by atoms with E-state index in [1.54, 1.807) is 0 Å². The van der Waals surface area contributed by atoms with Gasteiger partial charge < -0.3 is 14.0 Å². The predicted octanol–water partition coefficient (Wildman–Crippen LogP) is 6.37. The molecule has 0 fully saturated rings. The Morgan fingerprint density at radius 2 is 1.85 bits per heavy atom. The summed E-state index contributed by atoms with van der Waals surface area (Å²) in [4.78, 5) is 16.3. The highest BCUT2D eigenvalue weighted by molar-refractivity contribution is 5.89. The van der Waals surface area contributed by atoms with Crippen molar-refractivity contribution >= 4 is 34.2 Å². The van der Waals surface area contributed by atoms with Crippen molar-refractivity contribution in [1.82, 2.24) is 9.55 Å². The minimum atomic E-state index is -0.538. The van der Waals surface area contributed by atoms with Crippen molar-refractivity contribution < 1.29 is 14.3 Å². The lowest BCUT2D eigenvalue weighted by molar-refractivity contribution is 0.186. The zero-order valence-corrected chi connectivity index (χ0v) is 24.2. The maximum Gasteiger partial charge on any atom is 0.413 e. The van der Waals surface area contributed by atoms with Crippen molar-refractivity contribution in [2.24, 2.45) is 18.9 Å². The van der Waals surface area contributed by atoms with E-state index in [-0.39, 0.29) is 0 Å². The first kappa shape index (κ1) is 26.9. The second-order valence-electron chi connectivity index (χ2n) is 11.3. The molecule has 6 heteroatoms. The highest BCUT2D eigenvalue weighted by atomic mass is 16.5. The van der Waals surface area contributed by atoms with E-state index >= 15 is 0 Å². The molecule has 0 saturated carbocycles. The number of carbonyl (C=O) groups is 1. The highest BCUT2D eigenvalue weighted by Crippen LogP contribution is 2.34. The molecule has 2 heterocycles. The van der Waals surface area contributed by atoms with Gasteiger partial charge >= 0.3 is 6.09 Å². The van der Waals surface area contributed by atoms with Gasteiger partial charge in [0.05, 0.1) is 24.8 Å². The van der Waals surface area contributed by atoms with Crippen LogP contribution >= 0.6 is 0 Å². The van der Waals surface area contributed by atoms with E-state index in [0.717, 1.165) is 60.2 Å². The highest BCUT2D eigenvalue weighted by Gasteiger charge is 2.19. The number of aryl methyl sites for hydroxylation is 2. The number of hydrogen-bond acceptors (Lipinski definition) is 4. The third kappa shape index (κ3) is 5.39. The van der Waals surface area contributed by atoms with Crippen molar-refractivity contribution in [3.63, 3.8) is 0 Å². The minimum absolute atomic E-state index is 0.445. The van der Waals surface area contributed by atoms with Gasteiger partial charge in [0.25, 0.3) is 0 Å². The summed E-state index contributed by atoms with van der Waals surface area (Å²) >= 11 is 0. The number of ether oxygens (including phenoxy) is 2. The number of allylic oxidation sites excluding steroid dienone is 2. The second-order valence-corrected chi connectivity index (χ2v) is 11.3. The number of rotatable bonds is 4.